The highest BCUT2D eigenvalue weighted by Crippen LogP contribution is 2.17. The number of hydrogen-bond donors (Lipinski definition) is 2. The van der Waals surface area contributed by atoms with Crippen LogP contribution in [0.3, 0.4) is 0 Å². The van der Waals surface area contributed by atoms with Gasteiger partial charge in [-0.25, -0.2) is 4.79 Å². The van der Waals surface area contributed by atoms with E-state index < -0.39 is 12.2 Å². The van der Waals surface area contributed by atoms with Gasteiger partial charge in [-0.3, -0.25) is 0 Å². The molecule has 0 aromatic heterocycles. The fraction of sp³-hybridized carbons (Fsp3) is 0.875. The molecule has 1 saturated heterocycles. The predicted octanol–water partition coefficient (Wildman–Crippen LogP) is -0.00560. The Labute approximate surface area is 87.2 Å². The lowest BCUT2D eigenvalue weighted by Gasteiger charge is -2.34. The highest BCUT2D eigenvalue weighted by atomic mass is 35.5. The van der Waals surface area contributed by atoms with Gasteiger partial charge in [0, 0.05) is 19.0 Å². The Balaban J connectivity index is 2.45. The van der Waals surface area contributed by atoms with Crippen molar-refractivity contribution in [3.05, 3.63) is 0 Å². The number of nitrogens with zero attached hydrogens (tertiary/aromatic N) is 1. The molecule has 0 spiro atoms. The number of aliphatic hydroxyl groups is 2. The van der Waals surface area contributed by atoms with Crippen LogP contribution in [0, 0.1) is 5.92 Å². The van der Waals surface area contributed by atoms with Crippen LogP contribution in [-0.4, -0.2) is 53.1 Å². The van der Waals surface area contributed by atoms with Crippen molar-refractivity contribution in [1.29, 1.82) is 0 Å². The van der Waals surface area contributed by atoms with Crippen molar-refractivity contribution < 1.29 is 19.7 Å². The number of piperidine rings is 1. The maximum absolute atomic E-state index is 11.2. The van der Waals surface area contributed by atoms with E-state index in [0.29, 0.717) is 19.5 Å². The fourth-order valence-electron chi connectivity index (χ4n) is 1.50. The zero-order valence-corrected chi connectivity index (χ0v) is 8.48. The molecule has 2 atom stereocenters. The first-order valence-electron chi connectivity index (χ1n) is 4.45. The van der Waals surface area contributed by atoms with Crippen molar-refractivity contribution in [3.8, 4) is 0 Å². The molecule has 82 valence electrons. The van der Waals surface area contributed by atoms with Gasteiger partial charge in [0.15, 0.2) is 6.07 Å². The number of carbonyl (C=O) groups excluding carboxylic acids is 1. The third-order valence-corrected chi connectivity index (χ3v) is 2.47. The highest BCUT2D eigenvalue weighted by Gasteiger charge is 2.30. The van der Waals surface area contributed by atoms with Crippen molar-refractivity contribution in [2.75, 3.05) is 25.8 Å². The number of amides is 1. The molecule has 5 nitrogen and oxygen atoms in total. The van der Waals surface area contributed by atoms with Crippen molar-refractivity contribution in [2.45, 2.75) is 12.5 Å². The van der Waals surface area contributed by atoms with Crippen LogP contribution in [0.4, 0.5) is 4.79 Å². The molecule has 0 aliphatic carbocycles. The predicted molar refractivity (Wildman–Crippen MR) is 50.0 cm³/mol. The van der Waals surface area contributed by atoms with Gasteiger partial charge >= 0.3 is 6.09 Å². The van der Waals surface area contributed by atoms with E-state index in [2.05, 4.69) is 4.74 Å². The van der Waals surface area contributed by atoms with Gasteiger partial charge in [-0.15, -0.1) is 0 Å². The van der Waals surface area contributed by atoms with Crippen LogP contribution < -0.4 is 0 Å². The van der Waals surface area contributed by atoms with Gasteiger partial charge < -0.3 is 19.8 Å². The summed E-state index contributed by atoms with van der Waals surface area (Å²) in [6.45, 7) is 0.618. The minimum Gasteiger partial charge on any atom is -0.433 e. The largest absolute Gasteiger partial charge is 0.433 e. The van der Waals surface area contributed by atoms with Crippen molar-refractivity contribution in [2.24, 2.45) is 5.92 Å². The minimum absolute atomic E-state index is 0.133. The van der Waals surface area contributed by atoms with Gasteiger partial charge in [-0.1, -0.05) is 11.6 Å². The van der Waals surface area contributed by atoms with Crippen LogP contribution >= 0.6 is 11.6 Å². The van der Waals surface area contributed by atoms with Crippen molar-refractivity contribution in [1.82, 2.24) is 4.90 Å². The topological polar surface area (TPSA) is 70.0 Å². The zero-order valence-electron chi connectivity index (χ0n) is 7.73. The SMILES string of the molecule is O=C(OCCl)N1CCC(O)C(CO)C1. The number of aliphatic hydroxyl groups excluding tert-OH is 2. The maximum atomic E-state index is 11.2. The smallest absolute Gasteiger partial charge is 0.410 e. The van der Waals surface area contributed by atoms with Crippen molar-refractivity contribution >= 4 is 17.7 Å². The molecule has 0 radical (unpaired) electrons. The van der Waals surface area contributed by atoms with Gasteiger partial charge in [-0.2, -0.15) is 0 Å². The van der Waals surface area contributed by atoms with E-state index in [0.717, 1.165) is 0 Å². The van der Waals surface area contributed by atoms with E-state index >= 15 is 0 Å². The summed E-state index contributed by atoms with van der Waals surface area (Å²) in [5.74, 6) is -0.286. The quantitative estimate of drug-likeness (QED) is 0.647. The van der Waals surface area contributed by atoms with Crippen LogP contribution in [-0.2, 0) is 4.74 Å². The third kappa shape index (κ3) is 2.73. The molecule has 0 aromatic rings. The number of alkyl halides is 1. The first kappa shape index (κ1) is 11.6. The number of likely N-dealkylation sites (tertiary alicyclic amines) is 1. The maximum Gasteiger partial charge on any atom is 0.410 e. The molecule has 0 aromatic carbocycles. The van der Waals surface area contributed by atoms with E-state index in [1.54, 1.807) is 0 Å². The first-order chi connectivity index (χ1) is 6.69. The Morgan fingerprint density at radius 1 is 1.64 bits per heavy atom. The van der Waals surface area contributed by atoms with E-state index in [-0.39, 0.29) is 18.6 Å². The van der Waals surface area contributed by atoms with Crippen LogP contribution in [0.2, 0.25) is 0 Å². The number of ether oxygens (including phenoxy) is 1. The van der Waals surface area contributed by atoms with Crippen LogP contribution in [0.25, 0.3) is 0 Å². The summed E-state index contributed by atoms with van der Waals surface area (Å²) in [6, 6.07) is -0.179. The lowest BCUT2D eigenvalue weighted by atomic mass is 9.96. The summed E-state index contributed by atoms with van der Waals surface area (Å²) in [7, 11) is 0. The molecule has 1 amide bonds. The van der Waals surface area contributed by atoms with Gasteiger partial charge in [0.05, 0.1) is 12.7 Å². The average Bonchev–Trinajstić information content (AvgIpc) is 2.19. The van der Waals surface area contributed by atoms with E-state index in [1.165, 1.54) is 4.90 Å². The zero-order chi connectivity index (χ0) is 10.6. The number of hydrogen-bond acceptors (Lipinski definition) is 4. The second kappa shape index (κ2) is 5.38. The molecule has 1 rings (SSSR count). The van der Waals surface area contributed by atoms with Gasteiger partial charge in [0.2, 0.25) is 0 Å². The third-order valence-electron chi connectivity index (χ3n) is 2.36. The molecule has 14 heavy (non-hydrogen) atoms. The molecule has 6 heteroatoms. The molecular weight excluding hydrogens is 210 g/mol. The fourth-order valence-corrected chi connectivity index (χ4v) is 1.60. The Morgan fingerprint density at radius 2 is 2.36 bits per heavy atom. The van der Waals surface area contributed by atoms with E-state index in [4.69, 9.17) is 16.7 Å². The van der Waals surface area contributed by atoms with Crippen LogP contribution in [0.1, 0.15) is 6.42 Å². The Hall–Kier alpha value is -0.520. The molecule has 0 saturated carbocycles. The normalized spacial score (nSPS) is 27.5. The van der Waals surface area contributed by atoms with Gasteiger partial charge in [0.25, 0.3) is 0 Å². The lowest BCUT2D eigenvalue weighted by Crippen LogP contribution is -2.47. The number of rotatable bonds is 2. The monoisotopic (exact) mass is 223 g/mol. The van der Waals surface area contributed by atoms with E-state index in [9.17, 15) is 9.90 Å². The molecule has 1 fully saturated rings. The van der Waals surface area contributed by atoms with Gasteiger partial charge in [0.1, 0.15) is 0 Å². The summed E-state index contributed by atoms with van der Waals surface area (Å²) < 4.78 is 4.60. The second-order valence-electron chi connectivity index (χ2n) is 3.26. The standard InChI is InChI=1S/C8H14ClNO4/c9-5-14-8(13)10-2-1-7(12)6(3-10)4-11/h6-7,11-12H,1-5H2. The molecule has 1 heterocycles. The number of halogens is 1. The van der Waals surface area contributed by atoms with Crippen LogP contribution in [0.15, 0.2) is 0 Å². The Bertz CT molecular complexity index is 202. The van der Waals surface area contributed by atoms with Gasteiger partial charge in [-0.05, 0) is 6.42 Å². The molecule has 1 aliphatic rings. The Kier molecular flexibility index (Phi) is 4.44. The summed E-state index contributed by atoms with van der Waals surface area (Å²) >= 11 is 5.25. The summed E-state index contributed by atoms with van der Waals surface area (Å²) in [5, 5.41) is 18.4. The molecule has 0 bridgehead atoms. The highest BCUT2D eigenvalue weighted by molar-refractivity contribution is 6.17. The molecule has 2 N–H and O–H groups in total. The minimum atomic E-state index is -0.542. The summed E-state index contributed by atoms with van der Waals surface area (Å²) in [6.07, 6.45) is -0.576. The average molecular weight is 224 g/mol. The lowest BCUT2D eigenvalue weighted by molar-refractivity contribution is 0.00128. The van der Waals surface area contributed by atoms with E-state index in [1.807, 2.05) is 0 Å². The summed E-state index contributed by atoms with van der Waals surface area (Å²) in [5.41, 5.74) is 0. The van der Waals surface area contributed by atoms with Crippen LogP contribution in [0.5, 0.6) is 0 Å². The molecule has 1 aliphatic heterocycles. The Morgan fingerprint density at radius 3 is 2.93 bits per heavy atom. The summed E-state index contributed by atoms with van der Waals surface area (Å²) in [4.78, 5) is 12.7. The first-order valence-corrected chi connectivity index (χ1v) is 4.99. The second-order valence-corrected chi connectivity index (χ2v) is 3.48. The number of carbonyl (C=O) groups is 1. The molecule has 2 unspecified atom stereocenters. The molecular formula is C8H14ClNO4. The van der Waals surface area contributed by atoms with Crippen molar-refractivity contribution in [3.63, 3.8) is 0 Å².